The number of hydrogen-bond donors (Lipinski definition) is 3. The Morgan fingerprint density at radius 3 is 2.39 bits per heavy atom. The Labute approximate surface area is 201 Å². The van der Waals surface area contributed by atoms with Crippen molar-refractivity contribution in [1.29, 1.82) is 0 Å². The molecule has 9 heteroatoms. The van der Waals surface area contributed by atoms with Gasteiger partial charge in [0.25, 0.3) is 5.91 Å². The molecule has 0 spiro atoms. The maximum absolute atomic E-state index is 13.3. The molecule has 0 saturated carbocycles. The topological polar surface area (TPSA) is 98.7 Å². The fourth-order valence-corrected chi connectivity index (χ4v) is 4.76. The number of nitrogens with zero attached hydrogens (tertiary/aromatic N) is 1. The second kappa shape index (κ2) is 9.72. The number of amides is 2. The van der Waals surface area contributed by atoms with Crippen molar-refractivity contribution in [1.82, 2.24) is 15.5 Å². The third-order valence-electron chi connectivity index (χ3n) is 5.79. The molecule has 2 aliphatic heterocycles. The molecule has 33 heavy (non-hydrogen) atoms. The van der Waals surface area contributed by atoms with Gasteiger partial charge in [0, 0.05) is 11.5 Å². The van der Waals surface area contributed by atoms with E-state index in [2.05, 4.69) is 10.6 Å². The Bertz CT molecular complexity index is 1120. The molecule has 2 aromatic rings. The van der Waals surface area contributed by atoms with E-state index in [-0.39, 0.29) is 10.7 Å². The number of carbonyl (C=O) groups is 3. The van der Waals surface area contributed by atoms with Gasteiger partial charge in [-0.05, 0) is 24.0 Å². The van der Waals surface area contributed by atoms with E-state index >= 15 is 0 Å². The molecule has 4 rings (SSSR count). The Kier molecular flexibility index (Phi) is 6.76. The van der Waals surface area contributed by atoms with Gasteiger partial charge < -0.3 is 15.7 Å². The Hall–Kier alpha value is -3.23. The maximum Gasteiger partial charge on any atom is 0.353 e. The molecule has 2 heterocycles. The third kappa shape index (κ3) is 4.77. The lowest BCUT2D eigenvalue weighted by Gasteiger charge is -2.49. The highest BCUT2D eigenvalue weighted by atomic mass is 35.5. The SMILES string of the molecule is O=C(O)C1=C(Cl)CCC2[C@H](NC(=O)[C@H](NC(=S)Cc3ccccc3)c3ccccc3)C(=O)N12. The molecule has 1 fully saturated rings. The van der Waals surface area contributed by atoms with Crippen molar-refractivity contribution in [3.63, 3.8) is 0 Å². The number of fused-ring (bicyclic) bond motifs is 1. The number of carboxylic acid groups (broad SMARTS) is 1. The Morgan fingerprint density at radius 1 is 1.12 bits per heavy atom. The quantitative estimate of drug-likeness (QED) is 0.414. The summed E-state index contributed by atoms with van der Waals surface area (Å²) in [6.45, 7) is 0. The Balaban J connectivity index is 1.49. The molecule has 2 aromatic carbocycles. The molecule has 0 aliphatic carbocycles. The number of thiocarbonyl (C=S) groups is 1. The van der Waals surface area contributed by atoms with E-state index in [9.17, 15) is 19.5 Å². The average Bonchev–Trinajstić information content (AvgIpc) is 2.81. The van der Waals surface area contributed by atoms with Crippen LogP contribution in [0.1, 0.15) is 30.0 Å². The van der Waals surface area contributed by atoms with Gasteiger partial charge in [-0.25, -0.2) is 4.79 Å². The first kappa shape index (κ1) is 22.9. The predicted octanol–water partition coefficient (Wildman–Crippen LogP) is 2.91. The van der Waals surface area contributed by atoms with Crippen LogP contribution in [-0.4, -0.2) is 44.9 Å². The number of carboxylic acids is 1. The summed E-state index contributed by atoms with van der Waals surface area (Å²) in [5.41, 5.74) is 1.51. The second-order valence-electron chi connectivity index (χ2n) is 7.93. The molecule has 170 valence electrons. The maximum atomic E-state index is 13.3. The molecule has 7 nitrogen and oxygen atoms in total. The van der Waals surface area contributed by atoms with Gasteiger partial charge in [0.05, 0.1) is 11.0 Å². The summed E-state index contributed by atoms with van der Waals surface area (Å²) in [5, 5.41) is 15.5. The minimum absolute atomic E-state index is 0.145. The van der Waals surface area contributed by atoms with Crippen molar-refractivity contribution >= 4 is 46.6 Å². The summed E-state index contributed by atoms with van der Waals surface area (Å²) < 4.78 is 0. The first-order valence-electron chi connectivity index (χ1n) is 10.5. The van der Waals surface area contributed by atoms with Crippen LogP contribution in [0.15, 0.2) is 71.4 Å². The second-order valence-corrected chi connectivity index (χ2v) is 8.88. The number of hydrogen-bond acceptors (Lipinski definition) is 4. The van der Waals surface area contributed by atoms with Crippen LogP contribution < -0.4 is 10.6 Å². The van der Waals surface area contributed by atoms with Crippen LogP contribution in [0.3, 0.4) is 0 Å². The van der Waals surface area contributed by atoms with Gasteiger partial charge >= 0.3 is 5.97 Å². The molecule has 0 bridgehead atoms. The smallest absolute Gasteiger partial charge is 0.353 e. The molecular weight excluding hydrogens is 462 g/mol. The molecule has 2 aliphatic rings. The van der Waals surface area contributed by atoms with Crippen LogP contribution in [0, 0.1) is 0 Å². The molecule has 1 saturated heterocycles. The fourth-order valence-electron chi connectivity index (χ4n) is 4.19. The summed E-state index contributed by atoms with van der Waals surface area (Å²) in [5.74, 6) is -2.15. The number of carbonyl (C=O) groups excluding carboxylic acids is 2. The van der Waals surface area contributed by atoms with Crippen LogP contribution in [0.25, 0.3) is 0 Å². The fraction of sp³-hybridized carbons (Fsp3) is 0.250. The van der Waals surface area contributed by atoms with Gasteiger partial charge in [-0.2, -0.15) is 0 Å². The lowest BCUT2D eigenvalue weighted by Crippen LogP contribution is -2.72. The normalized spacial score (nSPS) is 20.4. The number of allylic oxidation sites excluding steroid dienone is 1. The van der Waals surface area contributed by atoms with Crippen LogP contribution >= 0.6 is 23.8 Å². The van der Waals surface area contributed by atoms with Gasteiger partial charge in [-0.3, -0.25) is 14.5 Å². The predicted molar refractivity (Wildman–Crippen MR) is 127 cm³/mol. The van der Waals surface area contributed by atoms with Gasteiger partial charge in [-0.15, -0.1) is 0 Å². The first-order chi connectivity index (χ1) is 15.9. The first-order valence-corrected chi connectivity index (χ1v) is 11.3. The van der Waals surface area contributed by atoms with Crippen molar-refractivity contribution in [2.75, 3.05) is 0 Å². The number of aliphatic carboxylic acids is 1. The molecule has 0 radical (unpaired) electrons. The standard InChI is InChI=1S/C24H22ClN3O4S/c25-16-11-12-17-20(23(30)28(17)21(16)24(31)32)27-22(29)19(15-9-5-2-6-10-15)26-18(33)13-14-7-3-1-4-8-14/h1-10,17,19-20H,11-13H2,(H,26,33)(H,27,29)(H,31,32)/t17?,19-,20+/m1/s1. The number of rotatable bonds is 7. The molecule has 0 aromatic heterocycles. The minimum Gasteiger partial charge on any atom is -0.477 e. The van der Waals surface area contributed by atoms with Crippen molar-refractivity contribution < 1.29 is 19.5 Å². The van der Waals surface area contributed by atoms with Gasteiger partial charge in [-0.1, -0.05) is 84.5 Å². The van der Waals surface area contributed by atoms with Crippen molar-refractivity contribution in [3.8, 4) is 0 Å². The van der Waals surface area contributed by atoms with E-state index < -0.39 is 35.9 Å². The lowest BCUT2D eigenvalue weighted by molar-refractivity contribution is -0.156. The van der Waals surface area contributed by atoms with E-state index in [1.807, 2.05) is 60.7 Å². The molecule has 3 atom stereocenters. The number of benzene rings is 2. The van der Waals surface area contributed by atoms with Crippen LogP contribution in [-0.2, 0) is 20.8 Å². The van der Waals surface area contributed by atoms with Gasteiger partial charge in [0.1, 0.15) is 17.8 Å². The molecule has 3 N–H and O–H groups in total. The van der Waals surface area contributed by atoms with Crippen molar-refractivity contribution in [3.05, 3.63) is 82.5 Å². The van der Waals surface area contributed by atoms with Crippen LogP contribution in [0.4, 0.5) is 0 Å². The summed E-state index contributed by atoms with van der Waals surface area (Å²) >= 11 is 11.5. The Morgan fingerprint density at radius 2 is 1.76 bits per heavy atom. The van der Waals surface area contributed by atoms with Gasteiger partial charge in [0.15, 0.2) is 0 Å². The number of nitrogens with one attached hydrogen (secondary N) is 2. The van der Waals surface area contributed by atoms with Crippen molar-refractivity contribution in [2.45, 2.75) is 37.4 Å². The van der Waals surface area contributed by atoms with E-state index in [4.69, 9.17) is 23.8 Å². The zero-order valence-corrected chi connectivity index (χ0v) is 19.1. The van der Waals surface area contributed by atoms with Crippen LogP contribution in [0.2, 0.25) is 0 Å². The molecular formula is C24H22ClN3O4S. The van der Waals surface area contributed by atoms with E-state index in [0.29, 0.717) is 29.8 Å². The van der Waals surface area contributed by atoms with E-state index in [0.717, 1.165) is 5.56 Å². The van der Waals surface area contributed by atoms with Gasteiger partial charge in [0.2, 0.25) is 5.91 Å². The average molecular weight is 484 g/mol. The highest BCUT2D eigenvalue weighted by molar-refractivity contribution is 7.80. The van der Waals surface area contributed by atoms with E-state index in [1.54, 1.807) is 0 Å². The summed E-state index contributed by atoms with van der Waals surface area (Å²) in [6.07, 6.45) is 1.28. The number of β-lactam (4-membered cyclic amide) rings is 1. The highest BCUT2D eigenvalue weighted by Crippen LogP contribution is 2.38. The largest absolute Gasteiger partial charge is 0.477 e. The van der Waals surface area contributed by atoms with Crippen LogP contribution in [0.5, 0.6) is 0 Å². The summed E-state index contributed by atoms with van der Waals surface area (Å²) in [4.78, 5) is 39.2. The lowest BCUT2D eigenvalue weighted by atomic mass is 9.86. The van der Waals surface area contributed by atoms with E-state index in [1.165, 1.54) is 4.90 Å². The zero-order valence-electron chi connectivity index (χ0n) is 17.5. The summed E-state index contributed by atoms with van der Waals surface area (Å²) in [7, 11) is 0. The molecule has 2 amide bonds. The highest BCUT2D eigenvalue weighted by Gasteiger charge is 2.53. The third-order valence-corrected chi connectivity index (χ3v) is 6.42. The monoisotopic (exact) mass is 483 g/mol. The minimum atomic E-state index is -1.25. The zero-order chi connectivity index (χ0) is 23.5. The summed E-state index contributed by atoms with van der Waals surface area (Å²) in [6, 6.07) is 16.7. The van der Waals surface area contributed by atoms with Crippen molar-refractivity contribution in [2.24, 2.45) is 0 Å². The number of halogens is 1. The molecule has 1 unspecified atom stereocenters.